The van der Waals surface area contributed by atoms with E-state index in [0.29, 0.717) is 5.11 Å². The van der Waals surface area contributed by atoms with Crippen molar-refractivity contribution in [1.29, 1.82) is 0 Å². The van der Waals surface area contributed by atoms with E-state index in [9.17, 15) is 0 Å². The van der Waals surface area contributed by atoms with Gasteiger partial charge in [-0.25, -0.2) is 0 Å². The minimum absolute atomic E-state index is 0.654. The number of nitrogens with zero attached hydrogens (tertiary/aromatic N) is 2. The van der Waals surface area contributed by atoms with Gasteiger partial charge in [-0.15, -0.1) is 0 Å². The zero-order valence-electron chi connectivity index (χ0n) is 7.90. The van der Waals surface area contributed by atoms with Crippen molar-refractivity contribution < 1.29 is 0 Å². The van der Waals surface area contributed by atoms with Gasteiger partial charge in [-0.2, -0.15) is 5.10 Å². The molecule has 1 aromatic rings. The SMILES string of the molecule is CC1=NNC(=S)N(c2ccccc2)C1. The first-order valence-electron chi connectivity index (χ1n) is 4.43. The van der Waals surface area contributed by atoms with E-state index in [2.05, 4.69) is 10.5 Å². The number of anilines is 1. The molecular formula is C10H11N3S. The van der Waals surface area contributed by atoms with Crippen LogP contribution in [0.3, 0.4) is 0 Å². The first-order chi connectivity index (χ1) is 6.77. The molecule has 1 heterocycles. The van der Waals surface area contributed by atoms with Crippen molar-refractivity contribution in [3.05, 3.63) is 30.3 Å². The Bertz CT molecular complexity index is 372. The van der Waals surface area contributed by atoms with Crippen molar-refractivity contribution in [2.75, 3.05) is 11.4 Å². The molecular weight excluding hydrogens is 194 g/mol. The molecule has 0 saturated heterocycles. The van der Waals surface area contributed by atoms with Crippen LogP contribution >= 0.6 is 12.2 Å². The summed E-state index contributed by atoms with van der Waals surface area (Å²) < 4.78 is 0. The van der Waals surface area contributed by atoms with Gasteiger partial charge in [0.15, 0.2) is 5.11 Å². The van der Waals surface area contributed by atoms with Crippen molar-refractivity contribution in [2.45, 2.75) is 6.92 Å². The molecule has 0 unspecified atom stereocenters. The maximum atomic E-state index is 5.17. The monoisotopic (exact) mass is 205 g/mol. The largest absolute Gasteiger partial charge is 0.312 e. The van der Waals surface area contributed by atoms with Crippen LogP contribution in [0.25, 0.3) is 0 Å². The van der Waals surface area contributed by atoms with Crippen molar-refractivity contribution in [2.24, 2.45) is 5.10 Å². The van der Waals surface area contributed by atoms with Crippen LogP contribution in [0.4, 0.5) is 5.69 Å². The van der Waals surface area contributed by atoms with Gasteiger partial charge < -0.3 is 4.90 Å². The highest BCUT2D eigenvalue weighted by atomic mass is 32.1. The number of benzene rings is 1. The van der Waals surface area contributed by atoms with Gasteiger partial charge in [-0.05, 0) is 31.3 Å². The smallest absolute Gasteiger partial charge is 0.194 e. The third-order valence-corrected chi connectivity index (χ3v) is 2.35. The quantitative estimate of drug-likeness (QED) is 0.708. The first kappa shape index (κ1) is 9.15. The number of hydrazone groups is 1. The topological polar surface area (TPSA) is 27.6 Å². The van der Waals surface area contributed by atoms with E-state index in [1.54, 1.807) is 0 Å². The maximum Gasteiger partial charge on any atom is 0.194 e. The van der Waals surface area contributed by atoms with Crippen LogP contribution < -0.4 is 10.3 Å². The molecule has 0 fully saturated rings. The molecule has 0 aliphatic carbocycles. The Labute approximate surface area is 88.4 Å². The van der Waals surface area contributed by atoms with E-state index in [4.69, 9.17) is 12.2 Å². The summed E-state index contributed by atoms with van der Waals surface area (Å²) in [7, 11) is 0. The number of thiocarbonyl (C=S) groups is 1. The molecule has 1 aliphatic rings. The van der Waals surface area contributed by atoms with Crippen LogP contribution in [0.2, 0.25) is 0 Å². The molecule has 0 amide bonds. The summed E-state index contributed by atoms with van der Waals surface area (Å²) in [6.45, 7) is 2.74. The summed E-state index contributed by atoms with van der Waals surface area (Å²) in [5, 5.41) is 4.72. The highest BCUT2D eigenvalue weighted by molar-refractivity contribution is 7.80. The summed E-state index contributed by atoms with van der Waals surface area (Å²) in [6, 6.07) is 10.1. The average molecular weight is 205 g/mol. The summed E-state index contributed by atoms with van der Waals surface area (Å²) in [5.41, 5.74) is 4.95. The number of hydrogen-bond acceptors (Lipinski definition) is 2. The fourth-order valence-corrected chi connectivity index (χ4v) is 1.57. The summed E-state index contributed by atoms with van der Waals surface area (Å²) in [4.78, 5) is 2.03. The van der Waals surface area contributed by atoms with Gasteiger partial charge in [0.05, 0.1) is 12.3 Å². The van der Waals surface area contributed by atoms with Gasteiger partial charge in [0.25, 0.3) is 0 Å². The Morgan fingerprint density at radius 2 is 2.07 bits per heavy atom. The zero-order valence-corrected chi connectivity index (χ0v) is 8.71. The normalized spacial score (nSPS) is 16.2. The van der Waals surface area contributed by atoms with Crippen LogP contribution in [0, 0.1) is 0 Å². The second-order valence-electron chi connectivity index (χ2n) is 3.19. The molecule has 0 radical (unpaired) electrons. The molecule has 4 heteroatoms. The lowest BCUT2D eigenvalue weighted by Gasteiger charge is -2.28. The van der Waals surface area contributed by atoms with Gasteiger partial charge in [0, 0.05) is 5.69 Å². The third-order valence-electron chi connectivity index (χ3n) is 2.04. The second kappa shape index (κ2) is 3.75. The maximum absolute atomic E-state index is 5.17. The Balaban J connectivity index is 2.27. The first-order valence-corrected chi connectivity index (χ1v) is 4.84. The zero-order chi connectivity index (χ0) is 9.97. The molecule has 0 saturated carbocycles. The molecule has 14 heavy (non-hydrogen) atoms. The lowest BCUT2D eigenvalue weighted by Crippen LogP contribution is -2.45. The third kappa shape index (κ3) is 1.75. The van der Waals surface area contributed by atoms with Crippen molar-refractivity contribution in [3.63, 3.8) is 0 Å². The predicted octanol–water partition coefficient (Wildman–Crippen LogP) is 1.76. The second-order valence-corrected chi connectivity index (χ2v) is 3.57. The molecule has 3 nitrogen and oxygen atoms in total. The van der Waals surface area contributed by atoms with Crippen LogP contribution in [-0.2, 0) is 0 Å². The molecule has 2 rings (SSSR count). The molecule has 0 atom stereocenters. The lowest BCUT2D eigenvalue weighted by atomic mass is 10.2. The van der Waals surface area contributed by atoms with Crippen molar-refractivity contribution >= 4 is 28.7 Å². The Morgan fingerprint density at radius 3 is 2.79 bits per heavy atom. The van der Waals surface area contributed by atoms with Crippen molar-refractivity contribution in [3.8, 4) is 0 Å². The number of hydrogen-bond donors (Lipinski definition) is 1. The minimum atomic E-state index is 0.654. The summed E-state index contributed by atoms with van der Waals surface area (Å²) in [5.74, 6) is 0. The van der Waals surface area contributed by atoms with E-state index in [-0.39, 0.29) is 0 Å². The number of nitrogens with one attached hydrogen (secondary N) is 1. The average Bonchev–Trinajstić information content (AvgIpc) is 2.23. The predicted molar refractivity (Wildman–Crippen MR) is 62.6 cm³/mol. The summed E-state index contributed by atoms with van der Waals surface area (Å²) >= 11 is 5.17. The molecule has 1 aromatic carbocycles. The number of para-hydroxylation sites is 1. The van der Waals surface area contributed by atoms with Gasteiger partial charge in [-0.1, -0.05) is 18.2 Å². The van der Waals surface area contributed by atoms with E-state index >= 15 is 0 Å². The molecule has 0 spiro atoms. The fourth-order valence-electron chi connectivity index (χ4n) is 1.36. The van der Waals surface area contributed by atoms with Crippen molar-refractivity contribution in [1.82, 2.24) is 5.43 Å². The van der Waals surface area contributed by atoms with Gasteiger partial charge in [0.2, 0.25) is 0 Å². The van der Waals surface area contributed by atoms with Crippen LogP contribution in [-0.4, -0.2) is 17.4 Å². The van der Waals surface area contributed by atoms with Crippen LogP contribution in [0.15, 0.2) is 35.4 Å². The summed E-state index contributed by atoms with van der Waals surface area (Å²) in [6.07, 6.45) is 0. The molecule has 0 aromatic heterocycles. The van der Waals surface area contributed by atoms with Gasteiger partial charge in [0.1, 0.15) is 0 Å². The van der Waals surface area contributed by atoms with E-state index in [0.717, 1.165) is 17.9 Å². The van der Waals surface area contributed by atoms with E-state index in [1.807, 2.05) is 42.2 Å². The molecule has 1 N–H and O–H groups in total. The molecule has 0 bridgehead atoms. The van der Waals surface area contributed by atoms with E-state index in [1.165, 1.54) is 0 Å². The highest BCUT2D eigenvalue weighted by Gasteiger charge is 2.16. The van der Waals surface area contributed by atoms with Gasteiger partial charge in [-0.3, -0.25) is 5.43 Å². The standard InChI is InChI=1S/C10H11N3S/c1-8-7-13(10(14)12-11-8)9-5-3-2-4-6-9/h2-6H,7H2,1H3,(H,12,14). The molecule has 72 valence electrons. The minimum Gasteiger partial charge on any atom is -0.312 e. The Hall–Kier alpha value is -1.42. The Kier molecular flexibility index (Phi) is 2.45. The van der Waals surface area contributed by atoms with Crippen LogP contribution in [0.1, 0.15) is 6.92 Å². The number of rotatable bonds is 1. The van der Waals surface area contributed by atoms with E-state index < -0.39 is 0 Å². The molecule has 1 aliphatic heterocycles. The van der Waals surface area contributed by atoms with Gasteiger partial charge >= 0.3 is 0 Å². The van der Waals surface area contributed by atoms with Crippen LogP contribution in [0.5, 0.6) is 0 Å². The lowest BCUT2D eigenvalue weighted by molar-refractivity contribution is 0.939. The Morgan fingerprint density at radius 1 is 1.36 bits per heavy atom. The fraction of sp³-hybridized carbons (Fsp3) is 0.200. The highest BCUT2D eigenvalue weighted by Crippen LogP contribution is 2.14.